The lowest BCUT2D eigenvalue weighted by Crippen LogP contribution is -2.52. The molecule has 2 saturated heterocycles. The SMILES string of the molecule is Cc1cnn(C)c1CN1CCC(c2cc3c(cc2F)C(=O)N(C2CCC(=O)NC2=O)C3)CC1. The van der Waals surface area contributed by atoms with E-state index in [1.165, 1.54) is 22.2 Å². The van der Waals surface area contributed by atoms with Crippen molar-refractivity contribution in [1.29, 1.82) is 0 Å². The first-order chi connectivity index (χ1) is 15.8. The van der Waals surface area contributed by atoms with Gasteiger partial charge in [-0.05, 0) is 68.0 Å². The molecule has 1 atom stereocenters. The average molecular weight is 454 g/mol. The summed E-state index contributed by atoms with van der Waals surface area (Å²) in [6.45, 7) is 4.90. The van der Waals surface area contributed by atoms with Gasteiger partial charge in [0.25, 0.3) is 5.91 Å². The van der Waals surface area contributed by atoms with Crippen LogP contribution in [0.4, 0.5) is 4.39 Å². The second kappa shape index (κ2) is 8.37. The highest BCUT2D eigenvalue weighted by molar-refractivity contribution is 6.05. The third-order valence-corrected chi connectivity index (χ3v) is 7.31. The number of hydrogen-bond donors (Lipinski definition) is 1. The Bertz CT molecular complexity index is 1120. The number of piperidine rings is 2. The van der Waals surface area contributed by atoms with Crippen LogP contribution in [0.2, 0.25) is 0 Å². The molecule has 5 rings (SSSR count). The van der Waals surface area contributed by atoms with Crippen LogP contribution in [0.1, 0.15) is 64.3 Å². The summed E-state index contributed by atoms with van der Waals surface area (Å²) in [6, 6.07) is 2.47. The van der Waals surface area contributed by atoms with E-state index in [1.54, 1.807) is 0 Å². The Hall–Kier alpha value is -3.07. The molecule has 1 aromatic carbocycles. The van der Waals surface area contributed by atoms with E-state index in [1.807, 2.05) is 24.0 Å². The van der Waals surface area contributed by atoms with Crippen LogP contribution in [-0.4, -0.2) is 56.4 Å². The monoisotopic (exact) mass is 453 g/mol. The third-order valence-electron chi connectivity index (χ3n) is 7.31. The van der Waals surface area contributed by atoms with Gasteiger partial charge in [0.15, 0.2) is 0 Å². The number of carbonyl (C=O) groups excluding carboxylic acids is 3. The van der Waals surface area contributed by atoms with Gasteiger partial charge in [-0.3, -0.25) is 29.3 Å². The standard InChI is InChI=1S/C24H28FN5O3/c1-14-11-26-28(2)21(14)13-29-7-5-15(6-8-29)17-9-16-12-30(24(33)18(16)10-19(17)25)20-3-4-22(31)27-23(20)32/h9-11,15,20H,3-8,12-13H2,1-2H3,(H,27,31,32). The zero-order chi connectivity index (χ0) is 23.3. The maximum atomic E-state index is 15.1. The van der Waals surface area contributed by atoms with E-state index >= 15 is 4.39 Å². The van der Waals surface area contributed by atoms with Crippen LogP contribution in [0, 0.1) is 12.7 Å². The minimum atomic E-state index is -0.687. The molecule has 8 nitrogen and oxygen atoms in total. The molecule has 33 heavy (non-hydrogen) atoms. The highest BCUT2D eigenvalue weighted by atomic mass is 19.1. The molecule has 1 unspecified atom stereocenters. The minimum Gasteiger partial charge on any atom is -0.322 e. The van der Waals surface area contributed by atoms with E-state index in [0.717, 1.165) is 38.0 Å². The van der Waals surface area contributed by atoms with E-state index in [2.05, 4.69) is 22.2 Å². The van der Waals surface area contributed by atoms with Crippen LogP contribution in [0.25, 0.3) is 0 Å². The molecular formula is C24H28FN5O3. The highest BCUT2D eigenvalue weighted by Crippen LogP contribution is 2.35. The van der Waals surface area contributed by atoms with Gasteiger partial charge in [-0.2, -0.15) is 5.10 Å². The van der Waals surface area contributed by atoms with Crippen molar-refractivity contribution in [2.75, 3.05) is 13.1 Å². The first-order valence-corrected chi connectivity index (χ1v) is 11.5. The molecule has 3 aliphatic heterocycles. The fraction of sp³-hybridized carbons (Fsp3) is 0.500. The van der Waals surface area contributed by atoms with Crippen molar-refractivity contribution in [3.63, 3.8) is 0 Å². The van der Waals surface area contributed by atoms with Gasteiger partial charge in [-0.25, -0.2) is 4.39 Å². The lowest BCUT2D eigenvalue weighted by Gasteiger charge is -2.32. The normalized spacial score (nSPS) is 22.1. The first kappa shape index (κ1) is 21.8. The van der Waals surface area contributed by atoms with Gasteiger partial charge in [0.1, 0.15) is 11.9 Å². The number of aryl methyl sites for hydroxylation is 2. The van der Waals surface area contributed by atoms with E-state index in [4.69, 9.17) is 0 Å². The third kappa shape index (κ3) is 3.94. The number of halogens is 1. The number of hydrogen-bond acceptors (Lipinski definition) is 5. The largest absolute Gasteiger partial charge is 0.322 e. The van der Waals surface area contributed by atoms with Crippen molar-refractivity contribution in [3.8, 4) is 0 Å². The summed E-state index contributed by atoms with van der Waals surface area (Å²) in [7, 11) is 1.95. The topological polar surface area (TPSA) is 87.5 Å². The molecule has 0 aliphatic carbocycles. The highest BCUT2D eigenvalue weighted by Gasteiger charge is 2.40. The smallest absolute Gasteiger partial charge is 0.255 e. The fourth-order valence-electron chi connectivity index (χ4n) is 5.33. The fourth-order valence-corrected chi connectivity index (χ4v) is 5.33. The predicted octanol–water partition coefficient (Wildman–Crippen LogP) is 2.01. The second-order valence-corrected chi connectivity index (χ2v) is 9.38. The van der Waals surface area contributed by atoms with E-state index in [9.17, 15) is 14.4 Å². The number of rotatable bonds is 4. The van der Waals surface area contributed by atoms with Crippen LogP contribution in [0.3, 0.4) is 0 Å². The van der Waals surface area contributed by atoms with Crippen molar-refractivity contribution in [3.05, 3.63) is 52.1 Å². The van der Waals surface area contributed by atoms with Crippen molar-refractivity contribution >= 4 is 17.7 Å². The van der Waals surface area contributed by atoms with Crippen LogP contribution in [-0.2, 0) is 29.7 Å². The first-order valence-electron chi connectivity index (χ1n) is 11.5. The summed E-state index contributed by atoms with van der Waals surface area (Å²) < 4.78 is 17.0. The Morgan fingerprint density at radius 1 is 1.15 bits per heavy atom. The van der Waals surface area contributed by atoms with Gasteiger partial charge in [0.2, 0.25) is 11.8 Å². The summed E-state index contributed by atoms with van der Waals surface area (Å²) in [5.74, 6) is -1.37. The number of fused-ring (bicyclic) bond motifs is 1. The summed E-state index contributed by atoms with van der Waals surface area (Å²) >= 11 is 0. The minimum absolute atomic E-state index is 0.0962. The number of nitrogens with one attached hydrogen (secondary N) is 1. The molecule has 2 fully saturated rings. The Kier molecular flexibility index (Phi) is 5.52. The maximum Gasteiger partial charge on any atom is 0.255 e. The van der Waals surface area contributed by atoms with E-state index in [0.29, 0.717) is 17.5 Å². The molecule has 3 aliphatic rings. The van der Waals surface area contributed by atoms with Gasteiger partial charge < -0.3 is 4.90 Å². The number of benzene rings is 1. The number of aromatic nitrogens is 2. The molecule has 9 heteroatoms. The van der Waals surface area contributed by atoms with Gasteiger partial charge in [-0.1, -0.05) is 6.07 Å². The number of likely N-dealkylation sites (tertiary alicyclic amines) is 1. The summed E-state index contributed by atoms with van der Waals surface area (Å²) in [6.07, 6.45) is 4.07. The predicted molar refractivity (Wildman–Crippen MR) is 118 cm³/mol. The molecule has 0 spiro atoms. The van der Waals surface area contributed by atoms with Crippen LogP contribution in [0.5, 0.6) is 0 Å². The van der Waals surface area contributed by atoms with Crippen LogP contribution < -0.4 is 5.32 Å². The van der Waals surface area contributed by atoms with Gasteiger partial charge >= 0.3 is 0 Å². The number of amides is 3. The maximum absolute atomic E-state index is 15.1. The van der Waals surface area contributed by atoms with Crippen molar-refractivity contribution in [1.82, 2.24) is 24.9 Å². The summed E-state index contributed by atoms with van der Waals surface area (Å²) in [5.41, 5.74) is 4.11. The van der Waals surface area contributed by atoms with E-state index in [-0.39, 0.29) is 36.5 Å². The molecule has 2 aromatic rings. The van der Waals surface area contributed by atoms with E-state index < -0.39 is 11.9 Å². The lowest BCUT2D eigenvalue weighted by molar-refractivity contribution is -0.136. The quantitative estimate of drug-likeness (QED) is 0.716. The van der Waals surface area contributed by atoms with Gasteiger partial charge in [-0.15, -0.1) is 0 Å². The Balaban J connectivity index is 1.28. The Morgan fingerprint density at radius 3 is 2.58 bits per heavy atom. The molecule has 0 radical (unpaired) electrons. The Morgan fingerprint density at radius 2 is 1.91 bits per heavy atom. The molecule has 174 valence electrons. The molecule has 1 N–H and O–H groups in total. The number of imide groups is 1. The van der Waals surface area contributed by atoms with Gasteiger partial charge in [0, 0.05) is 32.1 Å². The lowest BCUT2D eigenvalue weighted by atomic mass is 9.87. The molecule has 1 aromatic heterocycles. The molecule has 0 bridgehead atoms. The summed E-state index contributed by atoms with van der Waals surface area (Å²) in [4.78, 5) is 40.4. The molecule has 0 saturated carbocycles. The van der Waals surface area contributed by atoms with Crippen molar-refractivity contribution < 1.29 is 18.8 Å². The average Bonchev–Trinajstić information content (AvgIpc) is 3.27. The van der Waals surface area contributed by atoms with Crippen LogP contribution in [0.15, 0.2) is 18.3 Å². The molecule has 4 heterocycles. The van der Waals surface area contributed by atoms with Gasteiger partial charge in [0.05, 0.1) is 11.9 Å². The summed E-state index contributed by atoms with van der Waals surface area (Å²) in [5, 5.41) is 6.61. The zero-order valence-electron chi connectivity index (χ0n) is 18.9. The second-order valence-electron chi connectivity index (χ2n) is 9.38. The number of carbonyl (C=O) groups is 3. The Labute approximate surface area is 191 Å². The van der Waals surface area contributed by atoms with Crippen molar-refractivity contribution in [2.45, 2.75) is 57.7 Å². The zero-order valence-corrected chi connectivity index (χ0v) is 18.9. The van der Waals surface area contributed by atoms with Crippen LogP contribution >= 0.6 is 0 Å². The molecular weight excluding hydrogens is 425 g/mol. The number of nitrogens with zero attached hydrogens (tertiary/aromatic N) is 4. The molecule has 3 amide bonds. The van der Waals surface area contributed by atoms with Crippen molar-refractivity contribution in [2.24, 2.45) is 7.05 Å².